The minimum absolute atomic E-state index is 0.0566. The fourth-order valence-corrected chi connectivity index (χ4v) is 4.14. The number of furan rings is 1. The Morgan fingerprint density at radius 1 is 1.29 bits per heavy atom. The van der Waals surface area contributed by atoms with Crippen LogP contribution in [0.1, 0.15) is 46.3 Å². The number of fused-ring (bicyclic) bond motifs is 1. The highest BCUT2D eigenvalue weighted by atomic mass is 16.5. The summed E-state index contributed by atoms with van der Waals surface area (Å²) in [6.45, 7) is 2.98. The number of aromatic nitrogens is 3. The minimum atomic E-state index is -0.224. The zero-order valence-electron chi connectivity index (χ0n) is 16.0. The van der Waals surface area contributed by atoms with E-state index in [4.69, 9.17) is 9.15 Å². The number of piperidine rings is 1. The first-order valence-electron chi connectivity index (χ1n) is 9.64. The molecule has 2 aromatic rings. The molecule has 2 aromatic heterocycles. The number of carbonyl (C=O) groups excluding carboxylic acids is 2. The van der Waals surface area contributed by atoms with E-state index in [0.29, 0.717) is 44.4 Å². The zero-order chi connectivity index (χ0) is 19.6. The summed E-state index contributed by atoms with van der Waals surface area (Å²) in [5, 5.41) is 11.1. The highest BCUT2D eigenvalue weighted by molar-refractivity contribution is 5.91. The lowest BCUT2D eigenvalue weighted by Crippen LogP contribution is -2.47. The minimum Gasteiger partial charge on any atom is -0.459 e. The third-order valence-electron chi connectivity index (χ3n) is 5.84. The number of methoxy groups -OCH3 is 1. The molecule has 1 spiro atoms. The molecule has 9 nitrogen and oxygen atoms in total. The summed E-state index contributed by atoms with van der Waals surface area (Å²) in [6.07, 6.45) is 5.10. The van der Waals surface area contributed by atoms with Gasteiger partial charge in [0, 0.05) is 39.7 Å². The topological polar surface area (TPSA) is 102 Å². The quantitative estimate of drug-likeness (QED) is 0.771. The summed E-state index contributed by atoms with van der Waals surface area (Å²) < 4.78 is 12.2. The second kappa shape index (κ2) is 7.75. The van der Waals surface area contributed by atoms with Gasteiger partial charge in [0.15, 0.2) is 5.76 Å². The van der Waals surface area contributed by atoms with E-state index in [9.17, 15) is 9.59 Å². The standard InChI is InChI=1S/C19H25N5O4/c1-27-12-8-20-17(25)16-22-21-15-4-5-19(13-24(15)16)6-9-23(10-7-19)18(26)14-3-2-11-28-14/h2-3,11H,4-10,12-13H2,1H3,(H,20,25). The first-order valence-corrected chi connectivity index (χ1v) is 9.64. The maximum atomic E-state index is 12.5. The van der Waals surface area contributed by atoms with Gasteiger partial charge in [-0.2, -0.15) is 0 Å². The van der Waals surface area contributed by atoms with E-state index in [1.165, 1.54) is 6.26 Å². The van der Waals surface area contributed by atoms with Crippen molar-refractivity contribution in [2.75, 3.05) is 33.4 Å². The van der Waals surface area contributed by atoms with Gasteiger partial charge >= 0.3 is 0 Å². The normalized spacial score (nSPS) is 18.1. The van der Waals surface area contributed by atoms with Crippen LogP contribution in [0.15, 0.2) is 22.8 Å². The van der Waals surface area contributed by atoms with Gasteiger partial charge in [0.05, 0.1) is 12.9 Å². The Morgan fingerprint density at radius 2 is 2.11 bits per heavy atom. The molecule has 9 heteroatoms. The molecule has 4 heterocycles. The van der Waals surface area contributed by atoms with E-state index in [2.05, 4.69) is 15.5 Å². The highest BCUT2D eigenvalue weighted by Crippen LogP contribution is 2.41. The second-order valence-corrected chi connectivity index (χ2v) is 7.54. The number of hydrogen-bond acceptors (Lipinski definition) is 6. The summed E-state index contributed by atoms with van der Waals surface area (Å²) >= 11 is 0. The molecule has 28 heavy (non-hydrogen) atoms. The van der Waals surface area contributed by atoms with Crippen molar-refractivity contribution in [1.82, 2.24) is 25.0 Å². The number of likely N-dealkylation sites (tertiary alicyclic amines) is 1. The smallest absolute Gasteiger partial charge is 0.289 e. The van der Waals surface area contributed by atoms with Gasteiger partial charge in [0.2, 0.25) is 5.82 Å². The Balaban J connectivity index is 1.42. The molecule has 0 saturated carbocycles. The average molecular weight is 387 g/mol. The number of nitrogens with one attached hydrogen (secondary N) is 1. The molecule has 0 radical (unpaired) electrons. The van der Waals surface area contributed by atoms with Crippen LogP contribution in [0.3, 0.4) is 0 Å². The van der Waals surface area contributed by atoms with Gasteiger partial charge in [0.25, 0.3) is 11.8 Å². The first-order chi connectivity index (χ1) is 13.6. The summed E-state index contributed by atoms with van der Waals surface area (Å²) in [7, 11) is 1.60. The van der Waals surface area contributed by atoms with Crippen molar-refractivity contribution in [3.05, 3.63) is 35.8 Å². The van der Waals surface area contributed by atoms with Gasteiger partial charge < -0.3 is 23.9 Å². The molecular formula is C19H25N5O4. The van der Waals surface area contributed by atoms with E-state index in [-0.39, 0.29) is 17.2 Å². The highest BCUT2D eigenvalue weighted by Gasteiger charge is 2.41. The maximum absolute atomic E-state index is 12.5. The van der Waals surface area contributed by atoms with Crippen LogP contribution in [0.2, 0.25) is 0 Å². The van der Waals surface area contributed by atoms with Crippen molar-refractivity contribution in [3.63, 3.8) is 0 Å². The monoisotopic (exact) mass is 387 g/mol. The van der Waals surface area contributed by atoms with E-state index in [0.717, 1.165) is 31.5 Å². The zero-order valence-corrected chi connectivity index (χ0v) is 16.0. The van der Waals surface area contributed by atoms with Gasteiger partial charge in [-0.15, -0.1) is 10.2 Å². The van der Waals surface area contributed by atoms with Crippen LogP contribution in [0.4, 0.5) is 0 Å². The lowest BCUT2D eigenvalue weighted by Gasteiger charge is -2.44. The molecule has 0 aliphatic carbocycles. The largest absolute Gasteiger partial charge is 0.459 e. The summed E-state index contributed by atoms with van der Waals surface area (Å²) in [5.74, 6) is 1.32. The van der Waals surface area contributed by atoms with Gasteiger partial charge in [-0.3, -0.25) is 9.59 Å². The van der Waals surface area contributed by atoms with Gasteiger partial charge in [-0.1, -0.05) is 0 Å². The van der Waals surface area contributed by atoms with Gasteiger partial charge in [-0.25, -0.2) is 0 Å². The number of amides is 2. The van der Waals surface area contributed by atoms with E-state index < -0.39 is 0 Å². The average Bonchev–Trinajstić information content (AvgIpc) is 3.38. The van der Waals surface area contributed by atoms with Crippen LogP contribution < -0.4 is 5.32 Å². The van der Waals surface area contributed by atoms with Crippen LogP contribution >= 0.6 is 0 Å². The van der Waals surface area contributed by atoms with E-state index >= 15 is 0 Å². The summed E-state index contributed by atoms with van der Waals surface area (Å²) in [4.78, 5) is 26.8. The van der Waals surface area contributed by atoms with Crippen LogP contribution in [-0.2, 0) is 17.7 Å². The predicted molar refractivity (Wildman–Crippen MR) is 98.8 cm³/mol. The number of rotatable bonds is 5. The number of aryl methyl sites for hydroxylation is 1. The third kappa shape index (κ3) is 3.54. The van der Waals surface area contributed by atoms with Crippen molar-refractivity contribution < 1.29 is 18.7 Å². The molecule has 1 fully saturated rings. The van der Waals surface area contributed by atoms with E-state index in [1.807, 2.05) is 9.47 Å². The van der Waals surface area contributed by atoms with Crippen LogP contribution in [-0.4, -0.2) is 64.8 Å². The molecule has 2 aliphatic rings. The molecule has 150 valence electrons. The Bertz CT molecular complexity index is 837. The molecule has 2 aliphatic heterocycles. The Hall–Kier alpha value is -2.68. The van der Waals surface area contributed by atoms with Crippen molar-refractivity contribution >= 4 is 11.8 Å². The van der Waals surface area contributed by atoms with E-state index in [1.54, 1.807) is 19.2 Å². The van der Waals surface area contributed by atoms with Crippen LogP contribution in [0.5, 0.6) is 0 Å². The number of hydrogen-bond donors (Lipinski definition) is 1. The van der Waals surface area contributed by atoms with Gasteiger partial charge in [-0.05, 0) is 36.8 Å². The molecular weight excluding hydrogens is 362 g/mol. The van der Waals surface area contributed by atoms with Crippen molar-refractivity contribution in [1.29, 1.82) is 0 Å². The SMILES string of the molecule is COCCNC(=O)c1nnc2n1CC1(CC2)CCN(C(=O)c2ccco2)CC1. The first kappa shape index (κ1) is 18.7. The molecule has 1 N–H and O–H groups in total. The Morgan fingerprint density at radius 3 is 2.82 bits per heavy atom. The predicted octanol–water partition coefficient (Wildman–Crippen LogP) is 1.12. The fraction of sp³-hybridized carbons (Fsp3) is 0.579. The number of carbonyl (C=O) groups is 2. The lowest BCUT2D eigenvalue weighted by atomic mass is 9.73. The van der Waals surface area contributed by atoms with Crippen molar-refractivity contribution in [2.24, 2.45) is 5.41 Å². The van der Waals surface area contributed by atoms with Crippen LogP contribution in [0.25, 0.3) is 0 Å². The molecule has 0 atom stereocenters. The lowest BCUT2D eigenvalue weighted by molar-refractivity contribution is 0.0440. The Kier molecular flexibility index (Phi) is 5.17. The maximum Gasteiger partial charge on any atom is 0.289 e. The summed E-state index contributed by atoms with van der Waals surface area (Å²) in [5.41, 5.74) is 0.0664. The molecule has 0 aromatic carbocycles. The third-order valence-corrected chi connectivity index (χ3v) is 5.84. The number of nitrogens with zero attached hydrogens (tertiary/aromatic N) is 4. The molecule has 2 amide bonds. The van der Waals surface area contributed by atoms with Crippen LogP contribution in [0, 0.1) is 5.41 Å². The molecule has 4 rings (SSSR count). The van der Waals surface area contributed by atoms with Crippen molar-refractivity contribution in [2.45, 2.75) is 32.2 Å². The molecule has 0 unspecified atom stereocenters. The summed E-state index contributed by atoms with van der Waals surface area (Å²) in [6, 6.07) is 3.43. The second-order valence-electron chi connectivity index (χ2n) is 7.54. The fourth-order valence-electron chi connectivity index (χ4n) is 4.14. The van der Waals surface area contributed by atoms with Gasteiger partial charge in [0.1, 0.15) is 5.82 Å². The molecule has 1 saturated heterocycles. The molecule has 0 bridgehead atoms. The van der Waals surface area contributed by atoms with Crippen molar-refractivity contribution in [3.8, 4) is 0 Å². The number of ether oxygens (including phenoxy) is 1. The Labute approximate surface area is 163 Å².